The second-order valence-electron chi connectivity index (χ2n) is 10.6. The molecule has 4 aliphatic rings. The van der Waals surface area contributed by atoms with Gasteiger partial charge in [-0.1, -0.05) is 12.1 Å². The monoisotopic (exact) mass is 542 g/mol. The molecule has 0 saturated carbocycles. The van der Waals surface area contributed by atoms with Crippen LogP contribution in [0.15, 0.2) is 42.5 Å². The van der Waals surface area contributed by atoms with Crippen LogP contribution >= 0.6 is 11.3 Å². The van der Waals surface area contributed by atoms with E-state index in [0.717, 1.165) is 46.6 Å². The number of nitriles is 1. The molecule has 2 saturated heterocycles. The van der Waals surface area contributed by atoms with Gasteiger partial charge in [0.05, 0.1) is 17.4 Å². The summed E-state index contributed by atoms with van der Waals surface area (Å²) < 4.78 is 14.5. The lowest BCUT2D eigenvalue weighted by Gasteiger charge is -2.29. The van der Waals surface area contributed by atoms with Crippen LogP contribution in [0.1, 0.15) is 40.0 Å². The molecule has 2 fully saturated rings. The number of amides is 3. The van der Waals surface area contributed by atoms with Gasteiger partial charge in [0.1, 0.15) is 28.2 Å². The van der Waals surface area contributed by atoms with E-state index in [4.69, 9.17) is 0 Å². The Kier molecular flexibility index (Phi) is 5.21. The summed E-state index contributed by atoms with van der Waals surface area (Å²) in [5.41, 5.74) is 1.10. The normalized spacial score (nSPS) is 26.9. The number of carbonyl (C=O) groups excluding carboxylic acids is 3. The molecule has 2 aromatic carbocycles. The molecule has 3 aromatic rings. The van der Waals surface area contributed by atoms with Gasteiger partial charge in [-0.2, -0.15) is 5.26 Å². The highest BCUT2D eigenvalue weighted by Crippen LogP contribution is 2.55. The molecular weight excluding hydrogens is 519 g/mol. The molecule has 39 heavy (non-hydrogen) atoms. The third-order valence-corrected chi connectivity index (χ3v) is 9.81. The Bertz CT molecular complexity index is 1630. The average molecular weight is 543 g/mol. The number of aryl methyl sites for hydroxylation is 1. The van der Waals surface area contributed by atoms with E-state index in [1.807, 2.05) is 0 Å². The molecule has 196 valence electrons. The molecule has 10 heteroatoms. The first kappa shape index (κ1) is 24.0. The number of imide groups is 1. The van der Waals surface area contributed by atoms with Crippen LogP contribution in [-0.4, -0.2) is 28.9 Å². The van der Waals surface area contributed by atoms with Gasteiger partial charge in [0.2, 0.25) is 17.7 Å². The van der Waals surface area contributed by atoms with Crippen LogP contribution in [0.2, 0.25) is 0 Å². The van der Waals surface area contributed by atoms with Crippen molar-refractivity contribution in [1.29, 1.82) is 5.26 Å². The summed E-state index contributed by atoms with van der Waals surface area (Å²) in [6.07, 6.45) is 3.73. The second-order valence-corrected chi connectivity index (χ2v) is 11.7. The van der Waals surface area contributed by atoms with Crippen LogP contribution in [0.4, 0.5) is 15.1 Å². The largest absolute Gasteiger partial charge is 0.508 e. The van der Waals surface area contributed by atoms with Gasteiger partial charge < -0.3 is 10.4 Å². The minimum Gasteiger partial charge on any atom is -0.508 e. The van der Waals surface area contributed by atoms with Crippen molar-refractivity contribution in [2.45, 2.75) is 43.7 Å². The number of hydrogen-bond acceptors (Lipinski definition) is 7. The summed E-state index contributed by atoms with van der Waals surface area (Å²) in [5, 5.41) is 26.2. The number of carbonyl (C=O) groups is 3. The van der Waals surface area contributed by atoms with Crippen molar-refractivity contribution in [2.24, 2.45) is 11.8 Å². The number of rotatable bonds is 3. The van der Waals surface area contributed by atoms with Crippen LogP contribution in [0.25, 0.3) is 0 Å². The van der Waals surface area contributed by atoms with Crippen molar-refractivity contribution in [3.63, 3.8) is 0 Å². The van der Waals surface area contributed by atoms with E-state index >= 15 is 0 Å². The SMILES string of the molecule is N#Cc1c(N2C(=O)[C@H]3[C@@H](C2=O)[C@]2(N[C@@H]3Cc3ccc(O)cc3)C(=O)Nc3ccc(F)cc32)sc2c1CCCC2. The Morgan fingerprint density at radius 1 is 1.10 bits per heavy atom. The molecule has 3 amide bonds. The van der Waals surface area contributed by atoms with Crippen molar-refractivity contribution >= 4 is 39.7 Å². The van der Waals surface area contributed by atoms with Crippen LogP contribution in [0.5, 0.6) is 5.75 Å². The Morgan fingerprint density at radius 3 is 2.64 bits per heavy atom. The Morgan fingerprint density at radius 2 is 1.87 bits per heavy atom. The maximum absolute atomic E-state index is 14.5. The highest BCUT2D eigenvalue weighted by atomic mass is 32.1. The molecule has 1 aromatic heterocycles. The highest BCUT2D eigenvalue weighted by molar-refractivity contribution is 7.17. The molecule has 1 spiro atoms. The lowest BCUT2D eigenvalue weighted by atomic mass is 9.76. The molecule has 4 heterocycles. The number of nitrogens with zero attached hydrogens (tertiary/aromatic N) is 2. The number of aromatic hydroxyl groups is 1. The van der Waals surface area contributed by atoms with E-state index in [0.29, 0.717) is 28.2 Å². The zero-order valence-corrected chi connectivity index (χ0v) is 21.5. The Balaban J connectivity index is 1.38. The van der Waals surface area contributed by atoms with Crippen LogP contribution in [-0.2, 0) is 39.2 Å². The summed E-state index contributed by atoms with van der Waals surface area (Å²) in [7, 11) is 0. The first-order valence-electron chi connectivity index (χ1n) is 12.9. The van der Waals surface area contributed by atoms with Crippen LogP contribution < -0.4 is 15.5 Å². The minimum absolute atomic E-state index is 0.0936. The summed E-state index contributed by atoms with van der Waals surface area (Å²) in [5.74, 6) is -4.05. The van der Waals surface area contributed by atoms with E-state index in [-0.39, 0.29) is 5.75 Å². The highest BCUT2D eigenvalue weighted by Gasteiger charge is 2.71. The first-order chi connectivity index (χ1) is 18.8. The second kappa shape index (κ2) is 8.46. The average Bonchev–Trinajstić information content (AvgIpc) is 3.61. The van der Waals surface area contributed by atoms with Crippen LogP contribution in [0, 0.1) is 29.0 Å². The summed E-state index contributed by atoms with van der Waals surface area (Å²) >= 11 is 1.31. The van der Waals surface area contributed by atoms with Gasteiger partial charge in [-0.15, -0.1) is 11.3 Å². The number of halogens is 1. The molecule has 0 unspecified atom stereocenters. The van der Waals surface area contributed by atoms with Crippen molar-refractivity contribution in [1.82, 2.24) is 5.32 Å². The zero-order valence-electron chi connectivity index (χ0n) is 20.7. The third kappa shape index (κ3) is 3.27. The number of benzene rings is 2. The third-order valence-electron chi connectivity index (χ3n) is 8.54. The summed E-state index contributed by atoms with van der Waals surface area (Å²) in [6.45, 7) is 0. The predicted octanol–water partition coefficient (Wildman–Crippen LogP) is 3.51. The number of nitrogens with one attached hydrogen (secondary N) is 2. The lowest BCUT2D eigenvalue weighted by Crippen LogP contribution is -2.53. The summed E-state index contributed by atoms with van der Waals surface area (Å²) in [6, 6.07) is 12.0. The molecule has 1 aliphatic carbocycles. The van der Waals surface area contributed by atoms with Crippen molar-refractivity contribution in [3.8, 4) is 11.8 Å². The zero-order chi connectivity index (χ0) is 27.1. The maximum atomic E-state index is 14.5. The number of thiophene rings is 1. The van der Waals surface area contributed by atoms with Gasteiger partial charge in [0, 0.05) is 22.2 Å². The van der Waals surface area contributed by atoms with Crippen molar-refractivity contribution in [2.75, 3.05) is 10.2 Å². The Hall–Kier alpha value is -4.07. The molecule has 8 nitrogen and oxygen atoms in total. The van der Waals surface area contributed by atoms with Crippen LogP contribution in [0.3, 0.4) is 0 Å². The van der Waals surface area contributed by atoms with E-state index in [1.54, 1.807) is 12.1 Å². The number of phenolic OH excluding ortho intramolecular Hbond substituents is 1. The number of hydrogen-bond donors (Lipinski definition) is 3. The molecule has 4 atom stereocenters. The van der Waals surface area contributed by atoms with Crippen molar-refractivity contribution in [3.05, 3.63) is 75.4 Å². The van der Waals surface area contributed by atoms with Gasteiger partial charge in [-0.25, -0.2) is 9.29 Å². The maximum Gasteiger partial charge on any atom is 0.250 e. The smallest absolute Gasteiger partial charge is 0.250 e. The lowest BCUT2D eigenvalue weighted by molar-refractivity contribution is -0.130. The Labute approximate surface area is 227 Å². The number of fused-ring (bicyclic) bond motifs is 5. The van der Waals surface area contributed by atoms with Gasteiger partial charge in [-0.3, -0.25) is 19.7 Å². The van der Waals surface area contributed by atoms with Gasteiger partial charge >= 0.3 is 0 Å². The first-order valence-corrected chi connectivity index (χ1v) is 13.7. The van der Waals surface area contributed by atoms with E-state index < -0.39 is 47.0 Å². The van der Waals surface area contributed by atoms with Gasteiger partial charge in [0.15, 0.2) is 0 Å². The molecule has 0 bridgehead atoms. The fourth-order valence-electron chi connectivity index (χ4n) is 6.86. The minimum atomic E-state index is -1.64. The summed E-state index contributed by atoms with van der Waals surface area (Å²) in [4.78, 5) is 44.3. The van der Waals surface area contributed by atoms with Crippen molar-refractivity contribution < 1.29 is 23.9 Å². The molecule has 0 radical (unpaired) electrons. The quantitative estimate of drug-likeness (QED) is 0.436. The molecular formula is C29H23FN4O4S. The molecule has 3 aliphatic heterocycles. The number of anilines is 2. The fourth-order valence-corrected chi connectivity index (χ4v) is 8.21. The predicted molar refractivity (Wildman–Crippen MR) is 141 cm³/mol. The van der Waals surface area contributed by atoms with E-state index in [1.165, 1.54) is 41.7 Å². The van der Waals surface area contributed by atoms with Gasteiger partial charge in [-0.05, 0) is 73.6 Å². The number of phenols is 1. The fraction of sp³-hybridized carbons (Fsp3) is 0.310. The standard InChI is InChI=1S/C29H23FN4O4S/c30-15-7-10-20-19(12-15)29(28(38)32-20)24-23(21(33-29)11-14-5-8-16(35)9-6-14)25(36)34(26(24)37)27-18(13-31)17-3-1-2-4-22(17)39-27/h5-10,12,21,23-24,33,35H,1-4,11H2,(H,32,38)/t21-,23-,24+,29+/m1/s1. The molecule has 3 N–H and O–H groups in total. The molecule has 7 rings (SSSR count). The topological polar surface area (TPSA) is 123 Å². The van der Waals surface area contributed by atoms with E-state index in [2.05, 4.69) is 16.7 Å². The van der Waals surface area contributed by atoms with Gasteiger partial charge in [0.25, 0.3) is 0 Å². The van der Waals surface area contributed by atoms with E-state index in [9.17, 15) is 29.1 Å².